The van der Waals surface area contributed by atoms with Gasteiger partial charge in [0.1, 0.15) is 11.6 Å². The molecule has 1 unspecified atom stereocenters. The van der Waals surface area contributed by atoms with Gasteiger partial charge in [0.2, 0.25) is 17.8 Å². The molecule has 1 fully saturated rings. The molecule has 29 heavy (non-hydrogen) atoms. The Morgan fingerprint density at radius 2 is 2.03 bits per heavy atom. The molecular formula is C20H23ClN6O2. The number of hydrogen-bond donors (Lipinski definition) is 3. The Morgan fingerprint density at radius 1 is 1.28 bits per heavy atom. The van der Waals surface area contributed by atoms with Gasteiger partial charge < -0.3 is 21.3 Å². The van der Waals surface area contributed by atoms with Gasteiger partial charge in [-0.1, -0.05) is 17.7 Å². The number of amides is 2. The van der Waals surface area contributed by atoms with Crippen LogP contribution in [0, 0.1) is 6.92 Å². The molecular weight excluding hydrogens is 392 g/mol. The quantitative estimate of drug-likeness (QED) is 0.711. The number of hydrogen-bond acceptors (Lipinski definition) is 6. The first kappa shape index (κ1) is 19.4. The molecule has 8 nitrogen and oxygen atoms in total. The van der Waals surface area contributed by atoms with Gasteiger partial charge in [-0.2, -0.15) is 9.97 Å². The summed E-state index contributed by atoms with van der Waals surface area (Å²) in [5.41, 5.74) is 8.05. The minimum atomic E-state index is -0.771. The summed E-state index contributed by atoms with van der Waals surface area (Å²) in [4.78, 5) is 36.3. The third-order valence-corrected chi connectivity index (χ3v) is 5.85. The molecule has 2 aliphatic heterocycles. The number of fused-ring (bicyclic) bond motifs is 1. The van der Waals surface area contributed by atoms with Crippen LogP contribution in [0.15, 0.2) is 18.2 Å². The van der Waals surface area contributed by atoms with Crippen molar-refractivity contribution < 1.29 is 9.59 Å². The SMILES string of the molecule is Cc1c(Cl)cccc1NC(=O)C1CC(=O)Nc2nc(N3CCCCC3)nc(N)c21. The number of halogens is 1. The molecule has 0 bridgehead atoms. The van der Waals surface area contributed by atoms with E-state index in [1.54, 1.807) is 18.2 Å². The lowest BCUT2D eigenvalue weighted by atomic mass is 9.91. The fourth-order valence-electron chi connectivity index (χ4n) is 3.81. The third kappa shape index (κ3) is 3.85. The van der Waals surface area contributed by atoms with E-state index in [9.17, 15) is 9.59 Å². The van der Waals surface area contributed by atoms with Gasteiger partial charge in [-0.15, -0.1) is 0 Å². The summed E-state index contributed by atoms with van der Waals surface area (Å²) in [6.45, 7) is 3.52. The van der Waals surface area contributed by atoms with Crippen LogP contribution in [0.25, 0.3) is 0 Å². The van der Waals surface area contributed by atoms with Gasteiger partial charge in [-0.25, -0.2) is 0 Å². The molecule has 0 aliphatic carbocycles. The van der Waals surface area contributed by atoms with Crippen molar-refractivity contribution in [3.8, 4) is 0 Å². The Morgan fingerprint density at radius 3 is 2.79 bits per heavy atom. The van der Waals surface area contributed by atoms with Crippen LogP contribution in [0.1, 0.15) is 42.7 Å². The van der Waals surface area contributed by atoms with Gasteiger partial charge in [-0.3, -0.25) is 9.59 Å². The van der Waals surface area contributed by atoms with E-state index in [0.717, 1.165) is 31.5 Å². The minimum absolute atomic E-state index is 0.0188. The smallest absolute Gasteiger partial charge is 0.232 e. The van der Waals surface area contributed by atoms with Crippen LogP contribution < -0.4 is 21.3 Å². The second kappa shape index (κ2) is 7.87. The molecule has 152 valence electrons. The number of nitrogens with zero attached hydrogens (tertiary/aromatic N) is 3. The number of rotatable bonds is 3. The highest BCUT2D eigenvalue weighted by Gasteiger charge is 2.35. The second-order valence-corrected chi connectivity index (χ2v) is 7.83. The fraction of sp³-hybridized carbons (Fsp3) is 0.400. The Balaban J connectivity index is 1.65. The predicted octanol–water partition coefficient (Wildman–Crippen LogP) is 3.08. The highest BCUT2D eigenvalue weighted by Crippen LogP contribution is 2.37. The molecule has 2 aromatic rings. The van der Waals surface area contributed by atoms with E-state index in [4.69, 9.17) is 17.3 Å². The highest BCUT2D eigenvalue weighted by molar-refractivity contribution is 6.31. The van der Waals surface area contributed by atoms with Gasteiger partial charge in [0.15, 0.2) is 0 Å². The van der Waals surface area contributed by atoms with Crippen molar-refractivity contribution in [2.24, 2.45) is 0 Å². The van der Waals surface area contributed by atoms with E-state index in [0.29, 0.717) is 28.0 Å². The van der Waals surface area contributed by atoms with E-state index in [2.05, 4.69) is 25.5 Å². The topological polar surface area (TPSA) is 113 Å². The molecule has 0 radical (unpaired) electrons. The van der Waals surface area contributed by atoms with E-state index in [-0.39, 0.29) is 24.1 Å². The summed E-state index contributed by atoms with van der Waals surface area (Å²) >= 11 is 6.14. The van der Waals surface area contributed by atoms with Gasteiger partial charge in [0.25, 0.3) is 0 Å². The lowest BCUT2D eigenvalue weighted by Gasteiger charge is -2.30. The summed E-state index contributed by atoms with van der Waals surface area (Å²) in [7, 11) is 0. The molecule has 1 aromatic heterocycles. The Bertz CT molecular complexity index is 974. The normalized spacial score (nSPS) is 18.8. The summed E-state index contributed by atoms with van der Waals surface area (Å²) in [6.07, 6.45) is 3.29. The molecule has 9 heteroatoms. The molecule has 4 N–H and O–H groups in total. The van der Waals surface area contributed by atoms with Crippen molar-refractivity contribution in [2.75, 3.05) is 34.4 Å². The number of piperidine rings is 1. The zero-order chi connectivity index (χ0) is 20.5. The van der Waals surface area contributed by atoms with Crippen LogP contribution in [-0.4, -0.2) is 34.9 Å². The zero-order valence-corrected chi connectivity index (χ0v) is 16.9. The monoisotopic (exact) mass is 414 g/mol. The van der Waals surface area contributed by atoms with Crippen LogP contribution in [0.4, 0.5) is 23.3 Å². The van der Waals surface area contributed by atoms with Crippen LogP contribution in [0.5, 0.6) is 0 Å². The van der Waals surface area contributed by atoms with Gasteiger partial charge in [0.05, 0.1) is 11.5 Å². The molecule has 4 rings (SSSR count). The van der Waals surface area contributed by atoms with Crippen LogP contribution in [-0.2, 0) is 9.59 Å². The number of nitrogens with two attached hydrogens (primary N) is 1. The first-order valence-corrected chi connectivity index (χ1v) is 10.1. The van der Waals surface area contributed by atoms with Crippen LogP contribution >= 0.6 is 11.6 Å². The maximum absolute atomic E-state index is 13.0. The molecule has 2 aliphatic rings. The molecule has 0 spiro atoms. The van der Waals surface area contributed by atoms with Crippen molar-refractivity contribution >= 4 is 46.7 Å². The standard InChI is InChI=1S/C20H23ClN6O2/c1-11-13(21)6-5-7-14(11)23-19(29)12-10-15(28)24-18-16(12)17(22)25-20(26-18)27-8-3-2-4-9-27/h5-7,12H,2-4,8-10H2,1H3,(H,23,29)(H3,22,24,25,26,28). The molecule has 3 heterocycles. The number of aromatic nitrogens is 2. The van der Waals surface area contributed by atoms with Gasteiger partial charge >= 0.3 is 0 Å². The number of benzene rings is 1. The van der Waals surface area contributed by atoms with E-state index < -0.39 is 5.92 Å². The maximum Gasteiger partial charge on any atom is 0.232 e. The van der Waals surface area contributed by atoms with Crippen molar-refractivity contribution in [2.45, 2.75) is 38.5 Å². The first-order valence-electron chi connectivity index (χ1n) is 9.72. The molecule has 2 amide bonds. The van der Waals surface area contributed by atoms with Crippen LogP contribution in [0.2, 0.25) is 5.02 Å². The van der Waals surface area contributed by atoms with Crippen molar-refractivity contribution in [3.05, 3.63) is 34.3 Å². The predicted molar refractivity (Wildman–Crippen MR) is 113 cm³/mol. The zero-order valence-electron chi connectivity index (χ0n) is 16.2. The maximum atomic E-state index is 13.0. The van der Waals surface area contributed by atoms with Gasteiger partial charge in [-0.05, 0) is 43.9 Å². The number of carbonyl (C=O) groups is 2. The Hall–Kier alpha value is -2.87. The minimum Gasteiger partial charge on any atom is -0.383 e. The number of carbonyl (C=O) groups excluding carboxylic acids is 2. The third-order valence-electron chi connectivity index (χ3n) is 5.44. The van der Waals surface area contributed by atoms with E-state index in [1.807, 2.05) is 6.92 Å². The van der Waals surface area contributed by atoms with Crippen molar-refractivity contribution in [3.63, 3.8) is 0 Å². The molecule has 1 atom stereocenters. The van der Waals surface area contributed by atoms with Gasteiger partial charge in [0, 0.05) is 30.2 Å². The number of anilines is 4. The Kier molecular flexibility index (Phi) is 5.27. The molecule has 1 saturated heterocycles. The highest BCUT2D eigenvalue weighted by atomic mass is 35.5. The Labute approximate surface area is 173 Å². The lowest BCUT2D eigenvalue weighted by Crippen LogP contribution is -2.35. The molecule has 0 saturated carbocycles. The van der Waals surface area contributed by atoms with E-state index >= 15 is 0 Å². The summed E-state index contributed by atoms with van der Waals surface area (Å²) in [5, 5.41) is 6.17. The summed E-state index contributed by atoms with van der Waals surface area (Å²) in [6, 6.07) is 5.28. The number of nitrogens with one attached hydrogen (secondary N) is 2. The van der Waals surface area contributed by atoms with Crippen molar-refractivity contribution in [1.82, 2.24) is 9.97 Å². The van der Waals surface area contributed by atoms with Crippen molar-refractivity contribution in [1.29, 1.82) is 0 Å². The van der Waals surface area contributed by atoms with E-state index in [1.165, 1.54) is 6.42 Å². The average molecular weight is 415 g/mol. The fourth-order valence-corrected chi connectivity index (χ4v) is 3.98. The summed E-state index contributed by atoms with van der Waals surface area (Å²) < 4.78 is 0. The number of nitrogen functional groups attached to an aromatic ring is 1. The second-order valence-electron chi connectivity index (χ2n) is 7.43. The first-order chi connectivity index (χ1) is 13.9. The van der Waals surface area contributed by atoms with Crippen LogP contribution in [0.3, 0.4) is 0 Å². The summed E-state index contributed by atoms with van der Waals surface area (Å²) in [5.74, 6) is -0.355. The average Bonchev–Trinajstić information content (AvgIpc) is 2.71. The molecule has 1 aromatic carbocycles. The largest absolute Gasteiger partial charge is 0.383 e. The lowest BCUT2D eigenvalue weighted by molar-refractivity contribution is -0.123.